The van der Waals surface area contributed by atoms with Crippen LogP contribution in [0.25, 0.3) is 11.1 Å². The van der Waals surface area contributed by atoms with Gasteiger partial charge in [-0.2, -0.15) is 0 Å². The normalized spacial score (nSPS) is 10.1. The molecule has 1 nitrogen and oxygen atoms in total. The molecule has 0 unspecified atom stereocenters. The first kappa shape index (κ1) is 8.95. The van der Waals surface area contributed by atoms with E-state index in [-0.39, 0.29) is 0 Å². The van der Waals surface area contributed by atoms with Crippen LogP contribution in [0.1, 0.15) is 11.1 Å². The van der Waals surface area contributed by atoms with Crippen LogP contribution in [0.5, 0.6) is 0 Å². The Morgan fingerprint density at radius 3 is 2.57 bits per heavy atom. The van der Waals surface area contributed by atoms with Crippen molar-refractivity contribution in [2.45, 2.75) is 13.8 Å². The SMILES string of the molecule is Cc1ccc(-c2cccnc2)c(C)c1. The molecule has 0 saturated carbocycles. The fourth-order valence-corrected chi connectivity index (χ4v) is 1.66. The molecule has 0 spiro atoms. The quantitative estimate of drug-likeness (QED) is 0.660. The summed E-state index contributed by atoms with van der Waals surface area (Å²) in [6, 6.07) is 10.5. The Hall–Kier alpha value is -1.63. The maximum atomic E-state index is 4.12. The fourth-order valence-electron chi connectivity index (χ4n) is 1.66. The third-order valence-corrected chi connectivity index (χ3v) is 2.35. The van der Waals surface area contributed by atoms with Gasteiger partial charge in [0.25, 0.3) is 0 Å². The Morgan fingerprint density at radius 2 is 1.93 bits per heavy atom. The first-order valence-corrected chi connectivity index (χ1v) is 4.75. The molecule has 2 rings (SSSR count). The zero-order valence-electron chi connectivity index (χ0n) is 8.49. The van der Waals surface area contributed by atoms with E-state index in [1.807, 2.05) is 12.3 Å². The minimum absolute atomic E-state index is 1.19. The maximum absolute atomic E-state index is 4.12. The molecule has 1 aromatic heterocycles. The zero-order valence-corrected chi connectivity index (χ0v) is 8.49. The second-order valence-corrected chi connectivity index (χ2v) is 3.56. The van der Waals surface area contributed by atoms with Crippen molar-refractivity contribution < 1.29 is 0 Å². The molecule has 1 aromatic carbocycles. The Kier molecular flexibility index (Phi) is 2.32. The van der Waals surface area contributed by atoms with Crippen LogP contribution in [0.15, 0.2) is 42.7 Å². The molecular formula is C13H13N. The number of rotatable bonds is 1. The molecule has 0 fully saturated rings. The van der Waals surface area contributed by atoms with E-state index in [4.69, 9.17) is 0 Å². The standard InChI is InChI=1S/C13H13N/c1-10-5-6-13(11(2)8-10)12-4-3-7-14-9-12/h3-9H,1-2H3. The van der Waals surface area contributed by atoms with Crippen molar-refractivity contribution >= 4 is 0 Å². The van der Waals surface area contributed by atoms with Gasteiger partial charge in [-0.25, -0.2) is 0 Å². The minimum Gasteiger partial charge on any atom is -0.264 e. The van der Waals surface area contributed by atoms with Crippen molar-refractivity contribution in [3.63, 3.8) is 0 Å². The molecule has 0 saturated heterocycles. The lowest BCUT2D eigenvalue weighted by molar-refractivity contribution is 1.31. The number of hydrogen-bond donors (Lipinski definition) is 0. The van der Waals surface area contributed by atoms with Crippen LogP contribution in [0, 0.1) is 13.8 Å². The molecule has 0 N–H and O–H groups in total. The van der Waals surface area contributed by atoms with E-state index >= 15 is 0 Å². The maximum Gasteiger partial charge on any atom is 0.0346 e. The van der Waals surface area contributed by atoms with Gasteiger partial charge in [-0.05, 0) is 31.0 Å². The van der Waals surface area contributed by atoms with Crippen LogP contribution in [-0.4, -0.2) is 4.98 Å². The number of pyridine rings is 1. The summed E-state index contributed by atoms with van der Waals surface area (Å²) < 4.78 is 0. The van der Waals surface area contributed by atoms with Crippen molar-refractivity contribution in [3.8, 4) is 11.1 Å². The smallest absolute Gasteiger partial charge is 0.0346 e. The highest BCUT2D eigenvalue weighted by Crippen LogP contribution is 2.22. The van der Waals surface area contributed by atoms with Gasteiger partial charge >= 0.3 is 0 Å². The highest BCUT2D eigenvalue weighted by Gasteiger charge is 2.00. The Bertz CT molecular complexity index is 432. The summed E-state index contributed by atoms with van der Waals surface area (Å²) in [7, 11) is 0. The van der Waals surface area contributed by atoms with E-state index < -0.39 is 0 Å². The Morgan fingerprint density at radius 1 is 1.07 bits per heavy atom. The van der Waals surface area contributed by atoms with Crippen LogP contribution in [0.4, 0.5) is 0 Å². The van der Waals surface area contributed by atoms with Gasteiger partial charge in [-0.15, -0.1) is 0 Å². The van der Waals surface area contributed by atoms with Gasteiger partial charge in [-0.1, -0.05) is 29.8 Å². The molecule has 0 atom stereocenters. The first-order valence-electron chi connectivity index (χ1n) is 4.75. The number of aryl methyl sites for hydroxylation is 2. The highest BCUT2D eigenvalue weighted by atomic mass is 14.6. The van der Waals surface area contributed by atoms with Crippen molar-refractivity contribution in [2.24, 2.45) is 0 Å². The second-order valence-electron chi connectivity index (χ2n) is 3.56. The fraction of sp³-hybridized carbons (Fsp3) is 0.154. The van der Waals surface area contributed by atoms with Gasteiger partial charge in [0.1, 0.15) is 0 Å². The summed E-state index contributed by atoms with van der Waals surface area (Å²) in [6.07, 6.45) is 3.70. The van der Waals surface area contributed by atoms with Crippen molar-refractivity contribution in [3.05, 3.63) is 53.9 Å². The molecule has 0 aliphatic rings. The van der Waals surface area contributed by atoms with Crippen molar-refractivity contribution in [1.82, 2.24) is 4.98 Å². The highest BCUT2D eigenvalue weighted by molar-refractivity contribution is 5.66. The molecule has 0 bridgehead atoms. The van der Waals surface area contributed by atoms with Gasteiger partial charge in [0.05, 0.1) is 0 Å². The van der Waals surface area contributed by atoms with E-state index in [2.05, 4.69) is 43.1 Å². The molecule has 0 radical (unpaired) electrons. The van der Waals surface area contributed by atoms with Crippen molar-refractivity contribution in [2.75, 3.05) is 0 Å². The summed E-state index contributed by atoms with van der Waals surface area (Å²) >= 11 is 0. The van der Waals surface area contributed by atoms with Gasteiger partial charge in [0.2, 0.25) is 0 Å². The minimum atomic E-state index is 1.19. The molecule has 14 heavy (non-hydrogen) atoms. The summed E-state index contributed by atoms with van der Waals surface area (Å²) in [5.41, 5.74) is 5.06. The molecule has 0 aliphatic heterocycles. The molecule has 2 aromatic rings. The lowest BCUT2D eigenvalue weighted by Crippen LogP contribution is -1.84. The lowest BCUT2D eigenvalue weighted by atomic mass is 10.0. The van der Waals surface area contributed by atoms with Gasteiger partial charge in [-0.3, -0.25) is 4.98 Å². The molecule has 1 heterocycles. The number of aromatic nitrogens is 1. The number of benzene rings is 1. The van der Waals surface area contributed by atoms with Crippen molar-refractivity contribution in [1.29, 1.82) is 0 Å². The van der Waals surface area contributed by atoms with E-state index in [1.165, 1.54) is 22.3 Å². The van der Waals surface area contributed by atoms with E-state index in [1.54, 1.807) is 6.20 Å². The van der Waals surface area contributed by atoms with Crippen LogP contribution in [-0.2, 0) is 0 Å². The molecule has 1 heteroatoms. The van der Waals surface area contributed by atoms with Crippen LogP contribution >= 0.6 is 0 Å². The van der Waals surface area contributed by atoms with Crippen LogP contribution in [0.2, 0.25) is 0 Å². The largest absolute Gasteiger partial charge is 0.264 e. The predicted molar refractivity (Wildman–Crippen MR) is 59.1 cm³/mol. The average Bonchev–Trinajstić information content (AvgIpc) is 2.19. The lowest BCUT2D eigenvalue weighted by Gasteiger charge is -2.05. The van der Waals surface area contributed by atoms with Crippen LogP contribution in [0.3, 0.4) is 0 Å². The van der Waals surface area contributed by atoms with Gasteiger partial charge < -0.3 is 0 Å². The van der Waals surface area contributed by atoms with E-state index in [9.17, 15) is 0 Å². The zero-order chi connectivity index (χ0) is 9.97. The number of hydrogen-bond acceptors (Lipinski definition) is 1. The summed E-state index contributed by atoms with van der Waals surface area (Å²) in [6.45, 7) is 4.25. The Labute approximate surface area is 84.4 Å². The summed E-state index contributed by atoms with van der Waals surface area (Å²) in [5.74, 6) is 0. The monoisotopic (exact) mass is 183 g/mol. The number of nitrogens with zero attached hydrogens (tertiary/aromatic N) is 1. The van der Waals surface area contributed by atoms with Gasteiger partial charge in [0, 0.05) is 18.0 Å². The summed E-state index contributed by atoms with van der Waals surface area (Å²) in [4.78, 5) is 4.12. The molecular weight excluding hydrogens is 170 g/mol. The second kappa shape index (κ2) is 3.62. The third-order valence-electron chi connectivity index (χ3n) is 2.35. The average molecular weight is 183 g/mol. The van der Waals surface area contributed by atoms with E-state index in [0.29, 0.717) is 0 Å². The third kappa shape index (κ3) is 1.67. The molecule has 0 amide bonds. The van der Waals surface area contributed by atoms with Gasteiger partial charge in [0.15, 0.2) is 0 Å². The molecule has 70 valence electrons. The molecule has 0 aliphatic carbocycles. The summed E-state index contributed by atoms with van der Waals surface area (Å²) in [5, 5.41) is 0. The van der Waals surface area contributed by atoms with E-state index in [0.717, 1.165) is 0 Å². The predicted octanol–water partition coefficient (Wildman–Crippen LogP) is 3.37. The first-order chi connectivity index (χ1) is 6.77. The van der Waals surface area contributed by atoms with Crippen LogP contribution < -0.4 is 0 Å². The Balaban J connectivity index is 2.53. The topological polar surface area (TPSA) is 12.9 Å².